The normalized spacial score (nSPS) is 25.2. The average molecular weight is 352 g/mol. The maximum atomic E-state index is 12.8. The van der Waals surface area contributed by atoms with Gasteiger partial charge in [0.15, 0.2) is 0 Å². The molecule has 6 nitrogen and oxygen atoms in total. The fourth-order valence-electron chi connectivity index (χ4n) is 3.00. The fourth-order valence-corrected chi connectivity index (χ4v) is 3.00. The van der Waals surface area contributed by atoms with Crippen LogP contribution in [0.25, 0.3) is 0 Å². The molecule has 6 heteroatoms. The molecule has 3 atom stereocenters. The van der Waals surface area contributed by atoms with Gasteiger partial charge in [0.1, 0.15) is 6.04 Å². The first-order chi connectivity index (χ1) is 11.9. The number of aliphatic carboxylic acids is 1. The van der Waals surface area contributed by atoms with Gasteiger partial charge in [0.2, 0.25) is 11.8 Å². The van der Waals surface area contributed by atoms with Crippen LogP contribution in [0.5, 0.6) is 0 Å². The minimum Gasteiger partial charge on any atom is -0.481 e. The number of allylic oxidation sites excluding steroid dienone is 2. The summed E-state index contributed by atoms with van der Waals surface area (Å²) in [4.78, 5) is 38.2. The molecule has 0 aromatic rings. The number of carbonyl (C=O) groups excluding carboxylic acids is 2. The molecule has 1 aliphatic rings. The Hall–Kier alpha value is -1.85. The lowest BCUT2D eigenvalue weighted by Crippen LogP contribution is -2.52. The van der Waals surface area contributed by atoms with Gasteiger partial charge in [-0.1, -0.05) is 32.4 Å². The first-order valence-electron chi connectivity index (χ1n) is 9.28. The highest BCUT2D eigenvalue weighted by molar-refractivity contribution is 5.90. The van der Waals surface area contributed by atoms with Crippen LogP contribution in [0.15, 0.2) is 12.2 Å². The quantitative estimate of drug-likeness (QED) is 0.762. The molecule has 0 fully saturated rings. The number of likely N-dealkylation sites (N-methyl/N-ethyl adjacent to an activating group) is 1. The van der Waals surface area contributed by atoms with E-state index >= 15 is 0 Å². The van der Waals surface area contributed by atoms with Crippen molar-refractivity contribution in [2.24, 2.45) is 11.8 Å². The van der Waals surface area contributed by atoms with Gasteiger partial charge in [-0.15, -0.1) is 0 Å². The van der Waals surface area contributed by atoms with E-state index in [0.29, 0.717) is 13.0 Å². The lowest BCUT2D eigenvalue weighted by molar-refractivity contribution is -0.142. The second-order valence-corrected chi connectivity index (χ2v) is 6.97. The zero-order chi connectivity index (χ0) is 18.8. The number of hydrogen-bond acceptors (Lipinski definition) is 3. The van der Waals surface area contributed by atoms with Gasteiger partial charge in [0.25, 0.3) is 0 Å². The van der Waals surface area contributed by atoms with Crippen molar-refractivity contribution in [3.05, 3.63) is 12.2 Å². The third kappa shape index (κ3) is 7.28. The highest BCUT2D eigenvalue weighted by Crippen LogP contribution is 2.17. The van der Waals surface area contributed by atoms with Crippen molar-refractivity contribution in [1.82, 2.24) is 10.2 Å². The van der Waals surface area contributed by atoms with Crippen molar-refractivity contribution in [2.75, 3.05) is 13.6 Å². The third-order valence-electron chi connectivity index (χ3n) is 4.90. The van der Waals surface area contributed by atoms with E-state index < -0.39 is 17.9 Å². The maximum Gasteiger partial charge on any atom is 0.304 e. The van der Waals surface area contributed by atoms with E-state index in [0.717, 1.165) is 32.1 Å². The van der Waals surface area contributed by atoms with Crippen molar-refractivity contribution >= 4 is 17.8 Å². The van der Waals surface area contributed by atoms with Crippen molar-refractivity contribution in [3.63, 3.8) is 0 Å². The van der Waals surface area contributed by atoms with Gasteiger partial charge in [0.05, 0.1) is 6.42 Å². The van der Waals surface area contributed by atoms with Gasteiger partial charge in [-0.25, -0.2) is 0 Å². The van der Waals surface area contributed by atoms with Crippen molar-refractivity contribution in [1.29, 1.82) is 0 Å². The molecule has 142 valence electrons. The number of hydrogen-bond donors (Lipinski definition) is 2. The fraction of sp³-hybridized carbons (Fsp3) is 0.737. The highest BCUT2D eigenvalue weighted by Gasteiger charge is 2.31. The van der Waals surface area contributed by atoms with E-state index in [-0.39, 0.29) is 24.2 Å². The molecule has 0 unspecified atom stereocenters. The van der Waals surface area contributed by atoms with E-state index in [2.05, 4.69) is 17.5 Å². The van der Waals surface area contributed by atoms with Crippen LogP contribution in [0.1, 0.15) is 58.8 Å². The van der Waals surface area contributed by atoms with Gasteiger partial charge in [0, 0.05) is 19.5 Å². The molecule has 0 spiro atoms. The zero-order valence-corrected chi connectivity index (χ0v) is 15.7. The molecule has 0 saturated heterocycles. The summed E-state index contributed by atoms with van der Waals surface area (Å²) < 4.78 is 0. The third-order valence-corrected chi connectivity index (χ3v) is 4.90. The smallest absolute Gasteiger partial charge is 0.304 e. The van der Waals surface area contributed by atoms with Crippen LogP contribution >= 0.6 is 0 Å². The summed E-state index contributed by atoms with van der Waals surface area (Å²) in [5, 5.41) is 11.9. The van der Waals surface area contributed by atoms with Gasteiger partial charge in [-0.3, -0.25) is 14.4 Å². The summed E-state index contributed by atoms with van der Waals surface area (Å²) >= 11 is 0. The van der Waals surface area contributed by atoms with E-state index in [1.807, 2.05) is 13.8 Å². The zero-order valence-electron chi connectivity index (χ0n) is 15.7. The standard InChI is InChI=1S/C19H32N2O4/c1-4-14(2)17-19(25)21(3)12-10-8-6-5-7-9-11-15(13-16(22)23)18(24)20-17/h5-6,14-15,17H,4,7-13H2,1-3H3,(H,20,24)(H,22,23)/t14-,15+,17-/m0/s1. The molecule has 1 heterocycles. The van der Waals surface area contributed by atoms with Crippen molar-refractivity contribution < 1.29 is 19.5 Å². The lowest BCUT2D eigenvalue weighted by atomic mass is 9.93. The number of carboxylic acids is 1. The van der Waals surface area contributed by atoms with Gasteiger partial charge in [-0.2, -0.15) is 0 Å². The van der Waals surface area contributed by atoms with E-state index in [1.54, 1.807) is 11.9 Å². The second kappa shape index (κ2) is 10.9. The molecule has 0 radical (unpaired) electrons. The van der Waals surface area contributed by atoms with Crippen LogP contribution in [-0.4, -0.2) is 47.4 Å². The van der Waals surface area contributed by atoms with Crippen molar-refractivity contribution in [2.45, 2.75) is 64.8 Å². The van der Waals surface area contributed by atoms with Crippen LogP contribution < -0.4 is 5.32 Å². The summed E-state index contributed by atoms with van der Waals surface area (Å²) in [7, 11) is 1.76. The first-order valence-corrected chi connectivity index (χ1v) is 9.28. The Morgan fingerprint density at radius 2 is 1.96 bits per heavy atom. The number of amides is 2. The SMILES string of the molecule is CC[C@H](C)[C@@H]1NC(=O)[C@@H](CC(=O)O)CCCC=CCCCN(C)C1=O. The summed E-state index contributed by atoms with van der Waals surface area (Å²) in [5.41, 5.74) is 0. The average Bonchev–Trinajstić information content (AvgIpc) is 2.58. The molecule has 1 aliphatic heterocycles. The van der Waals surface area contributed by atoms with Gasteiger partial charge < -0.3 is 15.3 Å². The monoisotopic (exact) mass is 352 g/mol. The number of nitrogens with zero attached hydrogens (tertiary/aromatic N) is 1. The summed E-state index contributed by atoms with van der Waals surface area (Å²) in [6.07, 6.45) is 8.66. The molecule has 0 aromatic heterocycles. The molecule has 2 N–H and O–H groups in total. The van der Waals surface area contributed by atoms with E-state index in [4.69, 9.17) is 5.11 Å². The molecular weight excluding hydrogens is 320 g/mol. The predicted octanol–water partition coefficient (Wildman–Crippen LogP) is 2.59. The molecule has 1 rings (SSSR count). The van der Waals surface area contributed by atoms with Crippen LogP contribution in [0.3, 0.4) is 0 Å². The van der Waals surface area contributed by atoms with Crippen LogP contribution in [0, 0.1) is 11.8 Å². The van der Waals surface area contributed by atoms with Crippen LogP contribution in [-0.2, 0) is 14.4 Å². The van der Waals surface area contributed by atoms with E-state index in [9.17, 15) is 14.4 Å². The largest absolute Gasteiger partial charge is 0.481 e. The number of nitrogens with one attached hydrogen (secondary N) is 1. The van der Waals surface area contributed by atoms with Gasteiger partial charge >= 0.3 is 5.97 Å². The van der Waals surface area contributed by atoms with Gasteiger partial charge in [-0.05, 0) is 38.0 Å². The Bertz CT molecular complexity index is 490. The molecule has 0 saturated carbocycles. The van der Waals surface area contributed by atoms with Crippen molar-refractivity contribution in [3.8, 4) is 0 Å². The topological polar surface area (TPSA) is 86.7 Å². The molecule has 2 amide bonds. The van der Waals surface area contributed by atoms with Crippen LogP contribution in [0.4, 0.5) is 0 Å². The Balaban J connectivity index is 2.99. The second-order valence-electron chi connectivity index (χ2n) is 6.97. The Morgan fingerprint density at radius 1 is 1.32 bits per heavy atom. The molecule has 0 aliphatic carbocycles. The summed E-state index contributed by atoms with van der Waals surface area (Å²) in [6, 6.07) is -0.600. The molecule has 0 bridgehead atoms. The summed E-state index contributed by atoms with van der Waals surface area (Å²) in [5.74, 6) is -2.01. The van der Waals surface area contributed by atoms with Crippen LogP contribution in [0.2, 0.25) is 0 Å². The minimum absolute atomic E-state index is 0.00261. The molecule has 0 aromatic carbocycles. The highest BCUT2D eigenvalue weighted by atomic mass is 16.4. The minimum atomic E-state index is -0.986. The molecule has 25 heavy (non-hydrogen) atoms. The summed E-state index contributed by atoms with van der Waals surface area (Å²) in [6.45, 7) is 4.56. The number of carbonyl (C=O) groups is 3. The Morgan fingerprint density at radius 3 is 2.56 bits per heavy atom. The maximum absolute atomic E-state index is 12.8. The Kier molecular flexibility index (Phi) is 9.24. The molecular formula is C19H32N2O4. The number of carboxylic acid groups (broad SMARTS) is 1. The first kappa shape index (κ1) is 21.2. The predicted molar refractivity (Wildman–Crippen MR) is 97.0 cm³/mol. The Labute approximate surface area is 150 Å². The lowest BCUT2D eigenvalue weighted by Gasteiger charge is -2.29. The van der Waals surface area contributed by atoms with E-state index in [1.165, 1.54) is 0 Å². The number of rotatable bonds is 4.